The van der Waals surface area contributed by atoms with Crippen molar-refractivity contribution < 1.29 is 41.7 Å². The van der Waals surface area contributed by atoms with Crippen molar-refractivity contribution in [3.05, 3.63) is 69.9 Å². The van der Waals surface area contributed by atoms with Crippen LogP contribution in [0.4, 0.5) is 17.6 Å². The average molecular weight is 534 g/mol. The summed E-state index contributed by atoms with van der Waals surface area (Å²) in [7, 11) is 0. The number of hydrogen-bond donors (Lipinski definition) is 2. The van der Waals surface area contributed by atoms with Crippen molar-refractivity contribution in [3.63, 3.8) is 0 Å². The van der Waals surface area contributed by atoms with Crippen LogP contribution in [0.1, 0.15) is 17.5 Å². The fraction of sp³-hybridized carbons (Fsp3) is 0.364. The molecule has 0 aliphatic carbocycles. The minimum Gasteiger partial charge on any atom is -0.481 e. The number of halogens is 5. The number of alkyl halides is 3. The summed E-state index contributed by atoms with van der Waals surface area (Å²) in [6.45, 7) is -0.518. The number of ether oxygens (including phenoxy) is 2. The van der Waals surface area contributed by atoms with Crippen molar-refractivity contribution in [2.45, 2.75) is 30.8 Å². The number of carboxylic acid groups (broad SMARTS) is 1. The summed E-state index contributed by atoms with van der Waals surface area (Å²) in [5.41, 5.74) is -1.85. The first-order valence-corrected chi connectivity index (χ1v) is 10.6. The number of aliphatic carboxylic acids is 1. The van der Waals surface area contributed by atoms with Gasteiger partial charge in [-0.3, -0.25) is 9.59 Å². The molecule has 2 N–H and O–H groups in total. The van der Waals surface area contributed by atoms with E-state index in [0.717, 1.165) is 17.7 Å². The zero-order valence-electron chi connectivity index (χ0n) is 17.1. The summed E-state index contributed by atoms with van der Waals surface area (Å²) in [4.78, 5) is 24.0. The predicted octanol–water partition coefficient (Wildman–Crippen LogP) is 4.17. The molecule has 1 heterocycles. The molecule has 1 aliphatic rings. The van der Waals surface area contributed by atoms with Crippen LogP contribution in [0.15, 0.2) is 53.0 Å². The predicted molar refractivity (Wildman–Crippen MR) is 112 cm³/mol. The van der Waals surface area contributed by atoms with Crippen molar-refractivity contribution >= 4 is 27.8 Å². The normalized spacial score (nSPS) is 23.2. The minimum absolute atomic E-state index is 0.0388. The third-order valence-corrected chi connectivity index (χ3v) is 5.85. The van der Waals surface area contributed by atoms with Gasteiger partial charge in [0, 0.05) is 10.0 Å². The Morgan fingerprint density at radius 1 is 1.21 bits per heavy atom. The second-order valence-electron chi connectivity index (χ2n) is 7.61. The lowest BCUT2D eigenvalue weighted by atomic mass is 9.73. The third-order valence-electron chi connectivity index (χ3n) is 5.36. The molecule has 33 heavy (non-hydrogen) atoms. The molecular weight excluding hydrogens is 514 g/mol. The summed E-state index contributed by atoms with van der Waals surface area (Å²) < 4.78 is 65.5. The second kappa shape index (κ2) is 10.2. The van der Waals surface area contributed by atoms with E-state index in [2.05, 4.69) is 15.9 Å². The molecule has 1 fully saturated rings. The van der Waals surface area contributed by atoms with E-state index in [0.29, 0.717) is 0 Å². The van der Waals surface area contributed by atoms with E-state index in [-0.39, 0.29) is 24.1 Å². The van der Waals surface area contributed by atoms with E-state index < -0.39 is 53.6 Å². The Morgan fingerprint density at radius 3 is 2.55 bits per heavy atom. The first-order valence-electron chi connectivity index (χ1n) is 9.84. The molecule has 2 aromatic rings. The monoisotopic (exact) mass is 533 g/mol. The standard InChI is InChI=1S/C22H20BrF4NO5/c23-14-6-7-18(24)16(8-14)21(28-20(31)22(25,26)27)12-33-15(9-17(21)19(29)30)11-32-10-13-4-2-1-3-5-13/h1-8,15,17H,9-12H2,(H,28,31)(H,29,30)/t15-,17+,21-/m1/s1. The Hall–Kier alpha value is -2.50. The van der Waals surface area contributed by atoms with Crippen molar-refractivity contribution in [2.75, 3.05) is 13.2 Å². The Bertz CT molecular complexity index is 1000. The number of carbonyl (C=O) groups is 2. The Kier molecular flexibility index (Phi) is 7.76. The quantitative estimate of drug-likeness (QED) is 0.522. The molecule has 0 radical (unpaired) electrons. The van der Waals surface area contributed by atoms with E-state index in [9.17, 15) is 32.3 Å². The summed E-state index contributed by atoms with van der Waals surface area (Å²) in [5, 5.41) is 11.6. The second-order valence-corrected chi connectivity index (χ2v) is 8.52. The van der Waals surface area contributed by atoms with Crippen LogP contribution >= 0.6 is 15.9 Å². The highest BCUT2D eigenvalue weighted by Crippen LogP contribution is 2.41. The van der Waals surface area contributed by atoms with Gasteiger partial charge in [-0.15, -0.1) is 0 Å². The lowest BCUT2D eigenvalue weighted by Crippen LogP contribution is -2.62. The summed E-state index contributed by atoms with van der Waals surface area (Å²) in [6, 6.07) is 12.5. The van der Waals surface area contributed by atoms with E-state index in [1.165, 1.54) is 6.07 Å². The first-order chi connectivity index (χ1) is 15.5. The zero-order chi connectivity index (χ0) is 24.2. The molecule has 2 aromatic carbocycles. The molecule has 6 nitrogen and oxygen atoms in total. The van der Waals surface area contributed by atoms with Crippen LogP contribution in [-0.4, -0.2) is 42.5 Å². The molecule has 3 rings (SSSR count). The van der Waals surface area contributed by atoms with Crippen LogP contribution in [0, 0.1) is 11.7 Å². The van der Waals surface area contributed by atoms with Crippen LogP contribution in [0.25, 0.3) is 0 Å². The molecule has 178 valence electrons. The van der Waals surface area contributed by atoms with Crippen molar-refractivity contribution in [1.29, 1.82) is 0 Å². The molecule has 0 saturated carbocycles. The van der Waals surface area contributed by atoms with Gasteiger partial charge in [-0.2, -0.15) is 13.2 Å². The SMILES string of the molecule is O=C(O)[C@@H]1C[C@H](COCc2ccccc2)OC[C@@]1(NC(=O)C(F)(F)F)c1cc(Br)ccc1F. The Labute approximate surface area is 195 Å². The van der Waals surface area contributed by atoms with Crippen LogP contribution in [0.2, 0.25) is 0 Å². The zero-order valence-corrected chi connectivity index (χ0v) is 18.7. The summed E-state index contributed by atoms with van der Waals surface area (Å²) in [5.74, 6) is -6.50. The van der Waals surface area contributed by atoms with Gasteiger partial charge in [-0.05, 0) is 30.2 Å². The third kappa shape index (κ3) is 5.90. The number of hydrogen-bond acceptors (Lipinski definition) is 4. The van der Waals surface area contributed by atoms with Gasteiger partial charge in [0.1, 0.15) is 11.4 Å². The van der Waals surface area contributed by atoms with E-state index in [1.807, 2.05) is 30.3 Å². The number of carboxylic acids is 1. The number of carbonyl (C=O) groups excluding carboxylic acids is 1. The van der Waals surface area contributed by atoms with Crippen molar-refractivity contribution in [3.8, 4) is 0 Å². The van der Waals surface area contributed by atoms with Crippen molar-refractivity contribution in [2.24, 2.45) is 5.92 Å². The van der Waals surface area contributed by atoms with Gasteiger partial charge >= 0.3 is 18.1 Å². The highest BCUT2D eigenvalue weighted by molar-refractivity contribution is 9.10. The number of rotatable bonds is 7. The summed E-state index contributed by atoms with van der Waals surface area (Å²) >= 11 is 3.11. The van der Waals surface area contributed by atoms with Gasteiger partial charge in [0.25, 0.3) is 0 Å². The van der Waals surface area contributed by atoms with Gasteiger partial charge < -0.3 is 19.9 Å². The molecular formula is C22H20BrF4NO5. The lowest BCUT2D eigenvalue weighted by Gasteiger charge is -2.45. The average Bonchev–Trinajstić information content (AvgIpc) is 2.76. The molecule has 0 aromatic heterocycles. The smallest absolute Gasteiger partial charge is 0.471 e. The lowest BCUT2D eigenvalue weighted by molar-refractivity contribution is -0.184. The molecule has 0 bridgehead atoms. The topological polar surface area (TPSA) is 84.9 Å². The molecule has 1 aliphatic heterocycles. The number of benzene rings is 2. The largest absolute Gasteiger partial charge is 0.481 e. The molecule has 0 spiro atoms. The van der Waals surface area contributed by atoms with Gasteiger partial charge in [0.2, 0.25) is 0 Å². The van der Waals surface area contributed by atoms with Crippen molar-refractivity contribution in [1.82, 2.24) is 5.32 Å². The fourth-order valence-electron chi connectivity index (χ4n) is 3.76. The maximum atomic E-state index is 14.7. The summed E-state index contributed by atoms with van der Waals surface area (Å²) in [6.07, 6.45) is -6.41. The fourth-order valence-corrected chi connectivity index (χ4v) is 4.12. The minimum atomic E-state index is -5.31. The van der Waals surface area contributed by atoms with Crippen LogP contribution in [0.3, 0.4) is 0 Å². The molecule has 3 atom stereocenters. The van der Waals surface area contributed by atoms with Crippen LogP contribution < -0.4 is 5.32 Å². The molecule has 0 unspecified atom stereocenters. The molecule has 1 saturated heterocycles. The maximum absolute atomic E-state index is 14.7. The van der Waals surface area contributed by atoms with Gasteiger partial charge in [-0.25, -0.2) is 4.39 Å². The van der Waals surface area contributed by atoms with E-state index >= 15 is 0 Å². The molecule has 1 amide bonds. The van der Waals surface area contributed by atoms with E-state index in [1.54, 1.807) is 5.32 Å². The number of amides is 1. The highest BCUT2D eigenvalue weighted by atomic mass is 79.9. The maximum Gasteiger partial charge on any atom is 0.471 e. The van der Waals surface area contributed by atoms with Gasteiger partial charge in [-0.1, -0.05) is 46.3 Å². The van der Waals surface area contributed by atoms with Gasteiger partial charge in [0.15, 0.2) is 0 Å². The first kappa shape index (κ1) is 25.1. The van der Waals surface area contributed by atoms with E-state index in [4.69, 9.17) is 9.47 Å². The molecule has 11 heteroatoms. The number of nitrogens with one attached hydrogen (secondary N) is 1. The van der Waals surface area contributed by atoms with Gasteiger partial charge in [0.05, 0.1) is 31.8 Å². The Morgan fingerprint density at radius 2 is 1.91 bits per heavy atom. The highest BCUT2D eigenvalue weighted by Gasteiger charge is 2.55. The Balaban J connectivity index is 1.88. The van der Waals surface area contributed by atoms with Crippen LogP contribution in [-0.2, 0) is 31.2 Å². The van der Waals surface area contributed by atoms with Crippen LogP contribution in [0.5, 0.6) is 0 Å².